The van der Waals surface area contributed by atoms with Gasteiger partial charge in [0.15, 0.2) is 0 Å². The molecule has 7 nitrogen and oxygen atoms in total. The summed E-state index contributed by atoms with van der Waals surface area (Å²) in [5, 5.41) is 3.53. The third-order valence-corrected chi connectivity index (χ3v) is 5.13. The first-order chi connectivity index (χ1) is 14.3. The van der Waals surface area contributed by atoms with E-state index in [1.165, 1.54) is 23.0 Å². The van der Waals surface area contributed by atoms with Crippen LogP contribution in [0.3, 0.4) is 0 Å². The van der Waals surface area contributed by atoms with Crippen LogP contribution in [0.15, 0.2) is 47.5 Å². The number of fused-ring (bicyclic) bond motifs is 1. The van der Waals surface area contributed by atoms with Crippen molar-refractivity contribution in [2.24, 2.45) is 0 Å². The van der Waals surface area contributed by atoms with Crippen LogP contribution in [0.1, 0.15) is 24.2 Å². The van der Waals surface area contributed by atoms with Crippen molar-refractivity contribution in [2.75, 3.05) is 18.4 Å². The minimum Gasteiger partial charge on any atom is -0.339 e. The molecule has 0 spiro atoms. The maximum absolute atomic E-state index is 12.6. The zero-order chi connectivity index (χ0) is 21.8. The molecule has 3 rings (SSSR count). The molecule has 0 aliphatic heterocycles. The molecule has 30 heavy (non-hydrogen) atoms. The number of amides is 2. The summed E-state index contributed by atoms with van der Waals surface area (Å²) in [6.45, 7) is 4.85. The number of aromatic nitrogens is 2. The Labute approximate surface area is 183 Å². The van der Waals surface area contributed by atoms with Gasteiger partial charge >= 0.3 is 0 Å². The van der Waals surface area contributed by atoms with Crippen molar-refractivity contribution in [1.82, 2.24) is 14.5 Å². The van der Waals surface area contributed by atoms with E-state index >= 15 is 0 Å². The topological polar surface area (TPSA) is 84.3 Å². The predicted molar refractivity (Wildman–Crippen MR) is 118 cm³/mol. The van der Waals surface area contributed by atoms with E-state index < -0.39 is 11.5 Å². The Balaban J connectivity index is 1.74. The molecule has 9 heteroatoms. The lowest BCUT2D eigenvalue weighted by Gasteiger charge is -2.18. The van der Waals surface area contributed by atoms with Crippen molar-refractivity contribution < 1.29 is 9.59 Å². The first-order valence-electron chi connectivity index (χ1n) is 9.37. The zero-order valence-corrected chi connectivity index (χ0v) is 18.0. The average Bonchev–Trinajstić information content (AvgIpc) is 2.71. The molecule has 0 unspecified atom stereocenters. The molecule has 0 aliphatic rings. The second-order valence-corrected chi connectivity index (χ2v) is 7.41. The molecule has 1 aromatic heterocycles. The minimum atomic E-state index is -0.417. The van der Waals surface area contributed by atoms with Gasteiger partial charge in [-0.3, -0.25) is 19.0 Å². The Morgan fingerprint density at radius 1 is 1.10 bits per heavy atom. The summed E-state index contributed by atoms with van der Waals surface area (Å²) in [5.41, 5.74) is 0.972. The molecular formula is C21H20Cl2N4O3. The van der Waals surface area contributed by atoms with E-state index in [2.05, 4.69) is 10.3 Å². The Bertz CT molecular complexity index is 1160. The lowest BCUT2D eigenvalue weighted by molar-refractivity contribution is -0.116. The fourth-order valence-corrected chi connectivity index (χ4v) is 3.59. The predicted octanol–water partition coefficient (Wildman–Crippen LogP) is 3.82. The first kappa shape index (κ1) is 21.8. The van der Waals surface area contributed by atoms with Crippen LogP contribution in [-0.4, -0.2) is 39.4 Å². The van der Waals surface area contributed by atoms with Crippen LogP contribution in [0, 0.1) is 0 Å². The molecule has 3 aromatic rings. The van der Waals surface area contributed by atoms with Crippen molar-refractivity contribution in [3.05, 3.63) is 68.7 Å². The smallest absolute Gasteiger partial charge is 0.261 e. The highest BCUT2D eigenvalue weighted by molar-refractivity contribution is 6.38. The molecule has 0 bridgehead atoms. The van der Waals surface area contributed by atoms with E-state index in [1.807, 2.05) is 13.8 Å². The molecule has 0 radical (unpaired) electrons. The van der Waals surface area contributed by atoms with Gasteiger partial charge in [-0.25, -0.2) is 4.98 Å². The summed E-state index contributed by atoms with van der Waals surface area (Å²) < 4.78 is 1.18. The number of halogens is 2. The van der Waals surface area contributed by atoms with Crippen molar-refractivity contribution in [3.63, 3.8) is 0 Å². The minimum absolute atomic E-state index is 0.0658. The van der Waals surface area contributed by atoms with Gasteiger partial charge in [0.2, 0.25) is 5.91 Å². The molecule has 1 N–H and O–H groups in total. The summed E-state index contributed by atoms with van der Waals surface area (Å²) >= 11 is 12.0. The van der Waals surface area contributed by atoms with Gasteiger partial charge in [-0.05, 0) is 50.2 Å². The van der Waals surface area contributed by atoms with E-state index in [1.54, 1.807) is 29.2 Å². The third-order valence-electron chi connectivity index (χ3n) is 4.63. The van der Waals surface area contributed by atoms with Gasteiger partial charge in [-0.2, -0.15) is 0 Å². The van der Waals surface area contributed by atoms with Crippen LogP contribution >= 0.6 is 23.2 Å². The van der Waals surface area contributed by atoms with Gasteiger partial charge in [-0.1, -0.05) is 23.2 Å². The van der Waals surface area contributed by atoms with Crippen molar-refractivity contribution in [1.29, 1.82) is 0 Å². The van der Waals surface area contributed by atoms with Crippen LogP contribution < -0.4 is 10.9 Å². The number of anilines is 1. The summed E-state index contributed by atoms with van der Waals surface area (Å²) in [6, 6.07) is 9.58. The highest BCUT2D eigenvalue weighted by Gasteiger charge is 2.14. The van der Waals surface area contributed by atoms with Crippen molar-refractivity contribution >= 4 is 51.6 Å². The SMILES string of the molecule is CCN(CC)C(=O)c1ccc(NC(=O)Cn2cnc3c(Cl)cc(Cl)cc3c2=O)cc1. The maximum atomic E-state index is 12.6. The molecule has 0 saturated heterocycles. The summed E-state index contributed by atoms with van der Waals surface area (Å²) in [4.78, 5) is 43.3. The lowest BCUT2D eigenvalue weighted by atomic mass is 10.1. The Morgan fingerprint density at radius 3 is 2.40 bits per heavy atom. The molecule has 2 amide bonds. The second kappa shape index (κ2) is 9.28. The fraction of sp³-hybridized carbons (Fsp3) is 0.238. The second-order valence-electron chi connectivity index (χ2n) is 6.56. The van der Waals surface area contributed by atoms with Crippen LogP contribution in [0.2, 0.25) is 10.0 Å². The van der Waals surface area contributed by atoms with Gasteiger partial charge in [0.05, 0.1) is 22.3 Å². The number of carbonyl (C=O) groups is 2. The number of hydrogen-bond acceptors (Lipinski definition) is 4. The lowest BCUT2D eigenvalue weighted by Crippen LogP contribution is -2.30. The molecule has 0 saturated carbocycles. The van der Waals surface area contributed by atoms with E-state index in [0.29, 0.717) is 34.9 Å². The van der Waals surface area contributed by atoms with Gasteiger partial charge in [0, 0.05) is 29.4 Å². The van der Waals surface area contributed by atoms with Gasteiger partial charge in [0.1, 0.15) is 6.54 Å². The quantitative estimate of drug-likeness (QED) is 0.623. The first-order valence-corrected chi connectivity index (χ1v) is 10.1. The van der Waals surface area contributed by atoms with Crippen LogP contribution in [0.4, 0.5) is 5.69 Å². The van der Waals surface area contributed by atoms with Gasteiger partial charge < -0.3 is 10.2 Å². The van der Waals surface area contributed by atoms with E-state index in [-0.39, 0.29) is 22.9 Å². The zero-order valence-electron chi connectivity index (χ0n) is 16.5. The number of nitrogens with zero attached hydrogens (tertiary/aromatic N) is 3. The molecule has 156 valence electrons. The molecule has 0 atom stereocenters. The Kier molecular flexibility index (Phi) is 6.74. The van der Waals surface area contributed by atoms with E-state index in [4.69, 9.17) is 23.2 Å². The van der Waals surface area contributed by atoms with E-state index in [9.17, 15) is 14.4 Å². The molecular weight excluding hydrogens is 427 g/mol. The number of hydrogen-bond donors (Lipinski definition) is 1. The van der Waals surface area contributed by atoms with Crippen molar-refractivity contribution in [2.45, 2.75) is 20.4 Å². The number of benzene rings is 2. The third kappa shape index (κ3) is 4.63. The monoisotopic (exact) mass is 446 g/mol. The number of carbonyl (C=O) groups excluding carboxylic acids is 2. The normalized spacial score (nSPS) is 10.8. The molecule has 0 fully saturated rings. The Morgan fingerprint density at radius 2 is 1.77 bits per heavy atom. The molecule has 0 aliphatic carbocycles. The van der Waals surface area contributed by atoms with Gasteiger partial charge in [0.25, 0.3) is 11.5 Å². The van der Waals surface area contributed by atoms with Crippen LogP contribution in [-0.2, 0) is 11.3 Å². The molecule has 2 aromatic carbocycles. The number of rotatable bonds is 6. The summed E-state index contributed by atoms with van der Waals surface area (Å²) in [5.74, 6) is -0.474. The van der Waals surface area contributed by atoms with E-state index in [0.717, 1.165) is 0 Å². The standard InChI is InChI=1S/C21H20Cl2N4O3/c1-3-26(4-2)20(29)13-5-7-15(8-6-13)25-18(28)11-27-12-24-19-16(21(27)30)9-14(22)10-17(19)23/h5-10,12H,3-4,11H2,1-2H3,(H,25,28). The highest BCUT2D eigenvalue weighted by atomic mass is 35.5. The molecule has 1 heterocycles. The summed E-state index contributed by atoms with van der Waals surface area (Å²) in [7, 11) is 0. The van der Waals surface area contributed by atoms with Crippen LogP contribution in [0.5, 0.6) is 0 Å². The Hall–Kier alpha value is -2.90. The van der Waals surface area contributed by atoms with Crippen molar-refractivity contribution in [3.8, 4) is 0 Å². The van der Waals surface area contributed by atoms with Crippen LogP contribution in [0.25, 0.3) is 10.9 Å². The largest absolute Gasteiger partial charge is 0.339 e. The maximum Gasteiger partial charge on any atom is 0.261 e. The number of nitrogens with one attached hydrogen (secondary N) is 1. The highest BCUT2D eigenvalue weighted by Crippen LogP contribution is 2.24. The average molecular weight is 447 g/mol. The fourth-order valence-electron chi connectivity index (χ4n) is 3.05. The van der Waals surface area contributed by atoms with Gasteiger partial charge in [-0.15, -0.1) is 0 Å². The summed E-state index contributed by atoms with van der Waals surface area (Å²) in [6.07, 6.45) is 1.27.